The molecule has 5 nitrogen and oxygen atoms in total. The molecule has 0 aliphatic heterocycles. The van der Waals surface area contributed by atoms with Crippen LogP contribution >= 0.6 is 0 Å². The zero-order valence-corrected chi connectivity index (χ0v) is 14.4. The molecule has 3 rings (SSSR count). The van der Waals surface area contributed by atoms with E-state index < -0.39 is 17.9 Å². The van der Waals surface area contributed by atoms with Gasteiger partial charge in [-0.2, -0.15) is 0 Å². The van der Waals surface area contributed by atoms with Crippen molar-refractivity contribution in [3.63, 3.8) is 0 Å². The van der Waals surface area contributed by atoms with E-state index in [1.807, 2.05) is 42.5 Å². The van der Waals surface area contributed by atoms with Gasteiger partial charge in [-0.25, -0.2) is 4.79 Å². The smallest absolute Gasteiger partial charge is 0.326 e. The fourth-order valence-corrected chi connectivity index (χ4v) is 3.39. The molecule has 1 fully saturated rings. The van der Waals surface area contributed by atoms with E-state index in [1.54, 1.807) is 12.1 Å². The number of benzene rings is 2. The predicted octanol–water partition coefficient (Wildman–Crippen LogP) is 3.30. The van der Waals surface area contributed by atoms with Gasteiger partial charge in [-0.3, -0.25) is 9.59 Å². The molecule has 1 aliphatic carbocycles. The summed E-state index contributed by atoms with van der Waals surface area (Å²) in [6, 6.07) is 15.8. The number of ketones is 1. The van der Waals surface area contributed by atoms with Gasteiger partial charge >= 0.3 is 5.97 Å². The molecule has 2 aromatic carbocycles. The second kappa shape index (κ2) is 7.95. The van der Waals surface area contributed by atoms with E-state index in [0.29, 0.717) is 24.8 Å². The molecule has 1 amide bonds. The Morgan fingerprint density at radius 3 is 2.27 bits per heavy atom. The summed E-state index contributed by atoms with van der Waals surface area (Å²) in [5, 5.41) is 12.1. The van der Waals surface area contributed by atoms with E-state index in [1.165, 1.54) is 0 Å². The van der Waals surface area contributed by atoms with Gasteiger partial charge in [0.1, 0.15) is 11.8 Å². The maximum Gasteiger partial charge on any atom is 0.326 e. The molecule has 5 heteroatoms. The van der Waals surface area contributed by atoms with Crippen LogP contribution in [0.5, 0.6) is 0 Å². The van der Waals surface area contributed by atoms with Gasteiger partial charge in [0.2, 0.25) is 0 Å². The van der Waals surface area contributed by atoms with Crippen molar-refractivity contribution in [2.75, 3.05) is 0 Å². The fraction of sp³-hybridized carbons (Fsp3) is 0.286. The normalized spacial score (nSPS) is 18.2. The highest BCUT2D eigenvalue weighted by atomic mass is 16.4. The zero-order valence-electron chi connectivity index (χ0n) is 14.4. The molecule has 0 spiro atoms. The lowest BCUT2D eigenvalue weighted by atomic mass is 9.83. The Labute approximate surface area is 152 Å². The van der Waals surface area contributed by atoms with E-state index >= 15 is 0 Å². The number of nitrogens with one attached hydrogen (secondary N) is 1. The molecule has 2 aromatic rings. The van der Waals surface area contributed by atoms with Crippen LogP contribution < -0.4 is 5.32 Å². The third-order valence-corrected chi connectivity index (χ3v) is 4.80. The third kappa shape index (κ3) is 4.17. The quantitative estimate of drug-likeness (QED) is 0.866. The topological polar surface area (TPSA) is 83.5 Å². The van der Waals surface area contributed by atoms with Crippen molar-refractivity contribution in [3.8, 4) is 11.1 Å². The summed E-state index contributed by atoms with van der Waals surface area (Å²) in [5.41, 5.74) is 2.43. The fourth-order valence-electron chi connectivity index (χ4n) is 3.39. The van der Waals surface area contributed by atoms with Gasteiger partial charge in [0.25, 0.3) is 5.91 Å². The second-order valence-electron chi connectivity index (χ2n) is 6.63. The van der Waals surface area contributed by atoms with Crippen LogP contribution in [0, 0.1) is 5.92 Å². The number of Topliss-reactive ketones (excluding diaryl/α,β-unsaturated/α-hetero) is 1. The molecule has 26 heavy (non-hydrogen) atoms. The highest BCUT2D eigenvalue weighted by molar-refractivity contribution is 5.97. The van der Waals surface area contributed by atoms with Crippen molar-refractivity contribution in [3.05, 3.63) is 60.2 Å². The second-order valence-corrected chi connectivity index (χ2v) is 6.63. The summed E-state index contributed by atoms with van der Waals surface area (Å²) in [7, 11) is 0. The molecule has 1 aliphatic rings. The Morgan fingerprint density at radius 2 is 1.65 bits per heavy atom. The molecule has 0 unspecified atom stereocenters. The standard InChI is InChI=1S/C21H21NO4/c23-18-8-4-7-17(13-18)19(21(25)26)22-20(24)16-11-9-15(10-12-16)14-5-2-1-3-6-14/h1-3,5-6,9-12,17,19H,4,7-8,13H2,(H,22,24)(H,25,26)/t17-,19+/m0/s1. The zero-order chi connectivity index (χ0) is 18.5. The minimum absolute atomic E-state index is 0.0639. The number of aliphatic carboxylic acids is 1. The van der Waals surface area contributed by atoms with Gasteiger partial charge in [-0.05, 0) is 42.0 Å². The number of rotatable bonds is 5. The first-order valence-corrected chi connectivity index (χ1v) is 8.75. The summed E-state index contributed by atoms with van der Waals surface area (Å²) in [6.07, 6.45) is 2.02. The van der Waals surface area contributed by atoms with Crippen LogP contribution in [0.15, 0.2) is 54.6 Å². The molecule has 0 heterocycles. The average Bonchev–Trinajstić information content (AvgIpc) is 2.66. The summed E-state index contributed by atoms with van der Waals surface area (Å²) in [4.78, 5) is 35.7. The molecule has 2 atom stereocenters. The molecular formula is C21H21NO4. The highest BCUT2D eigenvalue weighted by Crippen LogP contribution is 2.25. The van der Waals surface area contributed by atoms with Crippen molar-refractivity contribution in [2.24, 2.45) is 5.92 Å². The first-order valence-electron chi connectivity index (χ1n) is 8.75. The van der Waals surface area contributed by atoms with Gasteiger partial charge in [0.15, 0.2) is 0 Å². The Kier molecular flexibility index (Phi) is 5.46. The van der Waals surface area contributed by atoms with E-state index in [2.05, 4.69) is 5.32 Å². The summed E-state index contributed by atoms with van der Waals surface area (Å²) in [6.45, 7) is 0. The van der Waals surface area contributed by atoms with E-state index in [9.17, 15) is 19.5 Å². The largest absolute Gasteiger partial charge is 0.480 e. The van der Waals surface area contributed by atoms with Gasteiger partial charge in [0, 0.05) is 18.4 Å². The molecule has 2 N–H and O–H groups in total. The molecule has 0 saturated heterocycles. The molecule has 1 saturated carbocycles. The molecular weight excluding hydrogens is 330 g/mol. The first-order chi connectivity index (χ1) is 12.5. The highest BCUT2D eigenvalue weighted by Gasteiger charge is 2.33. The van der Waals surface area contributed by atoms with Crippen molar-refractivity contribution in [1.29, 1.82) is 0 Å². The number of hydrogen-bond acceptors (Lipinski definition) is 3. The lowest BCUT2D eigenvalue weighted by Crippen LogP contribution is -2.47. The number of carboxylic acid groups (broad SMARTS) is 1. The van der Waals surface area contributed by atoms with Crippen LogP contribution in [0.3, 0.4) is 0 Å². The minimum Gasteiger partial charge on any atom is -0.480 e. The van der Waals surface area contributed by atoms with Crippen molar-refractivity contribution in [2.45, 2.75) is 31.7 Å². The monoisotopic (exact) mass is 351 g/mol. The SMILES string of the molecule is O=C1CCC[C@H]([C@@H](NC(=O)c2ccc(-c3ccccc3)cc2)C(=O)O)C1. The Bertz CT molecular complexity index is 799. The van der Waals surface area contributed by atoms with Crippen LogP contribution in [0.4, 0.5) is 0 Å². The van der Waals surface area contributed by atoms with E-state index in [-0.39, 0.29) is 18.1 Å². The van der Waals surface area contributed by atoms with Gasteiger partial charge in [-0.15, -0.1) is 0 Å². The van der Waals surface area contributed by atoms with Gasteiger partial charge in [-0.1, -0.05) is 42.5 Å². The number of carbonyl (C=O) groups excluding carboxylic acids is 2. The molecule has 0 radical (unpaired) electrons. The Hall–Kier alpha value is -2.95. The average molecular weight is 351 g/mol. The lowest BCUT2D eigenvalue weighted by Gasteiger charge is -2.27. The lowest BCUT2D eigenvalue weighted by molar-refractivity contribution is -0.141. The number of amides is 1. The molecule has 134 valence electrons. The van der Waals surface area contributed by atoms with Crippen molar-refractivity contribution < 1.29 is 19.5 Å². The predicted molar refractivity (Wildman–Crippen MR) is 97.7 cm³/mol. The third-order valence-electron chi connectivity index (χ3n) is 4.80. The minimum atomic E-state index is -1.10. The van der Waals surface area contributed by atoms with Gasteiger partial charge in [0.05, 0.1) is 0 Å². The maximum absolute atomic E-state index is 12.5. The number of carbonyl (C=O) groups is 3. The first kappa shape index (κ1) is 17.9. The Balaban J connectivity index is 1.71. The maximum atomic E-state index is 12.5. The van der Waals surface area contributed by atoms with Crippen molar-refractivity contribution >= 4 is 17.7 Å². The van der Waals surface area contributed by atoms with Crippen LogP contribution in [-0.4, -0.2) is 28.8 Å². The summed E-state index contributed by atoms with van der Waals surface area (Å²) < 4.78 is 0. The van der Waals surface area contributed by atoms with Crippen LogP contribution in [0.1, 0.15) is 36.0 Å². The van der Waals surface area contributed by atoms with Crippen LogP contribution in [-0.2, 0) is 9.59 Å². The number of carboxylic acids is 1. The van der Waals surface area contributed by atoms with Crippen LogP contribution in [0.2, 0.25) is 0 Å². The summed E-state index contributed by atoms with van der Waals surface area (Å²) in [5.74, 6) is -1.82. The van der Waals surface area contributed by atoms with Gasteiger partial charge < -0.3 is 10.4 Å². The summed E-state index contributed by atoms with van der Waals surface area (Å²) >= 11 is 0. The molecule has 0 bridgehead atoms. The van der Waals surface area contributed by atoms with Crippen LogP contribution in [0.25, 0.3) is 11.1 Å². The van der Waals surface area contributed by atoms with Crippen molar-refractivity contribution in [1.82, 2.24) is 5.32 Å². The molecule has 0 aromatic heterocycles. The van der Waals surface area contributed by atoms with E-state index in [0.717, 1.165) is 11.1 Å². The van der Waals surface area contributed by atoms with E-state index in [4.69, 9.17) is 0 Å². The number of hydrogen-bond donors (Lipinski definition) is 2. The Morgan fingerprint density at radius 1 is 1.00 bits per heavy atom.